The number of nitrogens with zero attached hydrogens (tertiary/aromatic N) is 1. The molecule has 1 aromatic heterocycles. The van der Waals surface area contributed by atoms with Crippen molar-refractivity contribution in [3.05, 3.63) is 40.4 Å². The van der Waals surface area contributed by atoms with Gasteiger partial charge in [0.15, 0.2) is 5.69 Å². The lowest BCUT2D eigenvalue weighted by Gasteiger charge is -1.98. The van der Waals surface area contributed by atoms with E-state index in [0.717, 1.165) is 21.9 Å². The van der Waals surface area contributed by atoms with Gasteiger partial charge in [-0.3, -0.25) is 0 Å². The molecule has 94 valence electrons. The first-order valence-corrected chi connectivity index (χ1v) is 6.79. The molecule has 2 rings (SSSR count). The highest BCUT2D eigenvalue weighted by Crippen LogP contribution is 2.28. The van der Waals surface area contributed by atoms with Crippen LogP contribution in [0.4, 0.5) is 0 Å². The molecule has 0 saturated carbocycles. The lowest BCUT2D eigenvalue weighted by atomic mass is 10.1. The van der Waals surface area contributed by atoms with Gasteiger partial charge in [0.25, 0.3) is 0 Å². The van der Waals surface area contributed by atoms with Crippen LogP contribution in [0.5, 0.6) is 0 Å². The summed E-state index contributed by atoms with van der Waals surface area (Å²) < 4.78 is 0. The predicted octanol–water partition coefficient (Wildman–Crippen LogP) is 3.63. The van der Waals surface area contributed by atoms with Crippen molar-refractivity contribution < 1.29 is 9.90 Å². The fourth-order valence-corrected chi connectivity index (χ4v) is 2.76. The van der Waals surface area contributed by atoms with Crippen LogP contribution in [0.1, 0.15) is 34.8 Å². The van der Waals surface area contributed by atoms with E-state index in [1.807, 2.05) is 19.1 Å². The molecule has 1 aromatic carbocycles. The van der Waals surface area contributed by atoms with Crippen molar-refractivity contribution >= 4 is 17.3 Å². The molecular weight excluding hydrogens is 246 g/mol. The Morgan fingerprint density at radius 1 is 1.22 bits per heavy atom. The number of hydrogen-bond donors (Lipinski definition) is 1. The minimum Gasteiger partial charge on any atom is -0.476 e. The fraction of sp³-hybridized carbons (Fsp3) is 0.286. The van der Waals surface area contributed by atoms with Gasteiger partial charge in [-0.1, -0.05) is 38.1 Å². The molecule has 18 heavy (non-hydrogen) atoms. The zero-order valence-corrected chi connectivity index (χ0v) is 11.3. The van der Waals surface area contributed by atoms with Crippen LogP contribution in [-0.4, -0.2) is 16.1 Å². The maximum absolute atomic E-state index is 11.1. The second kappa shape index (κ2) is 5.31. The summed E-state index contributed by atoms with van der Waals surface area (Å²) in [4.78, 5) is 16.1. The minimum atomic E-state index is -0.945. The van der Waals surface area contributed by atoms with Crippen molar-refractivity contribution in [3.8, 4) is 10.6 Å². The molecule has 0 unspecified atom stereocenters. The molecule has 1 N–H and O–H groups in total. The smallest absolute Gasteiger partial charge is 0.355 e. The van der Waals surface area contributed by atoms with Gasteiger partial charge in [0.05, 0.1) is 0 Å². The number of aromatic carboxylic acids is 1. The summed E-state index contributed by atoms with van der Waals surface area (Å²) in [6.07, 6.45) is 1.70. The van der Waals surface area contributed by atoms with E-state index in [0.29, 0.717) is 6.42 Å². The summed E-state index contributed by atoms with van der Waals surface area (Å²) >= 11 is 1.46. The van der Waals surface area contributed by atoms with Crippen molar-refractivity contribution in [2.24, 2.45) is 0 Å². The lowest BCUT2D eigenvalue weighted by molar-refractivity contribution is 0.0690. The first-order chi connectivity index (χ1) is 8.65. The highest BCUT2D eigenvalue weighted by molar-refractivity contribution is 7.15. The summed E-state index contributed by atoms with van der Waals surface area (Å²) in [7, 11) is 0. The predicted molar refractivity (Wildman–Crippen MR) is 73.3 cm³/mol. The Kier molecular flexibility index (Phi) is 3.77. The molecule has 0 spiro atoms. The second-order valence-corrected chi connectivity index (χ2v) is 5.08. The van der Waals surface area contributed by atoms with E-state index in [1.165, 1.54) is 16.9 Å². The average Bonchev–Trinajstić information content (AvgIpc) is 2.83. The molecule has 0 aliphatic rings. The minimum absolute atomic E-state index is 0.192. The molecule has 4 heteroatoms. The second-order valence-electron chi connectivity index (χ2n) is 4.00. The maximum atomic E-state index is 11.1. The molecular formula is C14H15NO2S. The number of thiazole rings is 1. The summed E-state index contributed by atoms with van der Waals surface area (Å²) in [6, 6.07) is 8.12. The number of carboxylic acid groups (broad SMARTS) is 1. The van der Waals surface area contributed by atoms with E-state index in [-0.39, 0.29) is 5.69 Å². The topological polar surface area (TPSA) is 50.2 Å². The molecule has 1 heterocycles. The molecule has 0 radical (unpaired) electrons. The average molecular weight is 261 g/mol. The number of carbonyl (C=O) groups is 1. The molecule has 0 amide bonds. The van der Waals surface area contributed by atoms with Crippen molar-refractivity contribution in [2.75, 3.05) is 0 Å². The maximum Gasteiger partial charge on any atom is 0.355 e. The number of benzene rings is 1. The van der Waals surface area contributed by atoms with Crippen LogP contribution in [0.15, 0.2) is 24.3 Å². The Morgan fingerprint density at radius 3 is 2.33 bits per heavy atom. The standard InChI is InChI=1S/C14H15NO2S/c1-3-9-5-7-10(8-6-9)13-15-12(14(16)17)11(4-2)18-13/h5-8H,3-4H2,1-2H3,(H,16,17). The van der Waals surface area contributed by atoms with E-state index >= 15 is 0 Å². The Morgan fingerprint density at radius 2 is 1.89 bits per heavy atom. The summed E-state index contributed by atoms with van der Waals surface area (Å²) in [5, 5.41) is 9.87. The Balaban J connectivity index is 2.40. The van der Waals surface area contributed by atoms with Gasteiger partial charge in [-0.2, -0.15) is 0 Å². The number of aromatic nitrogens is 1. The normalized spacial score (nSPS) is 10.6. The molecule has 0 aliphatic carbocycles. The molecule has 3 nitrogen and oxygen atoms in total. The first kappa shape index (κ1) is 12.8. The van der Waals surface area contributed by atoms with Crippen LogP contribution in [0.2, 0.25) is 0 Å². The van der Waals surface area contributed by atoms with E-state index in [1.54, 1.807) is 0 Å². The van der Waals surface area contributed by atoms with Crippen molar-refractivity contribution in [3.63, 3.8) is 0 Å². The van der Waals surface area contributed by atoms with E-state index in [4.69, 9.17) is 5.11 Å². The van der Waals surface area contributed by atoms with Crippen LogP contribution < -0.4 is 0 Å². The van der Waals surface area contributed by atoms with Gasteiger partial charge in [0.1, 0.15) is 5.01 Å². The third kappa shape index (κ3) is 2.43. The summed E-state index contributed by atoms with van der Waals surface area (Å²) in [5.41, 5.74) is 2.45. The highest BCUT2D eigenvalue weighted by Gasteiger charge is 2.16. The Hall–Kier alpha value is -1.68. The zero-order chi connectivity index (χ0) is 13.1. The summed E-state index contributed by atoms with van der Waals surface area (Å²) in [5.74, 6) is -0.945. The van der Waals surface area contributed by atoms with Gasteiger partial charge in [0, 0.05) is 10.4 Å². The molecule has 0 aliphatic heterocycles. The van der Waals surface area contributed by atoms with Gasteiger partial charge < -0.3 is 5.11 Å². The number of rotatable bonds is 4. The monoisotopic (exact) mass is 261 g/mol. The lowest BCUT2D eigenvalue weighted by Crippen LogP contribution is -1.99. The van der Waals surface area contributed by atoms with Crippen LogP contribution in [0, 0.1) is 0 Å². The first-order valence-electron chi connectivity index (χ1n) is 5.98. The van der Waals surface area contributed by atoms with Gasteiger partial charge >= 0.3 is 5.97 Å². The quantitative estimate of drug-likeness (QED) is 0.914. The summed E-state index contributed by atoms with van der Waals surface area (Å²) in [6.45, 7) is 4.06. The van der Waals surface area contributed by atoms with E-state index in [9.17, 15) is 4.79 Å². The van der Waals surface area contributed by atoms with Gasteiger partial charge in [-0.15, -0.1) is 11.3 Å². The van der Waals surface area contributed by atoms with Gasteiger partial charge in [-0.25, -0.2) is 9.78 Å². The van der Waals surface area contributed by atoms with Crippen LogP contribution >= 0.6 is 11.3 Å². The zero-order valence-electron chi connectivity index (χ0n) is 10.4. The number of aryl methyl sites for hydroxylation is 2. The number of hydrogen-bond acceptors (Lipinski definition) is 3. The third-order valence-electron chi connectivity index (χ3n) is 2.83. The van der Waals surface area contributed by atoms with Crippen molar-refractivity contribution in [2.45, 2.75) is 26.7 Å². The largest absolute Gasteiger partial charge is 0.476 e. The van der Waals surface area contributed by atoms with Crippen LogP contribution in [-0.2, 0) is 12.8 Å². The highest BCUT2D eigenvalue weighted by atomic mass is 32.1. The van der Waals surface area contributed by atoms with E-state index in [2.05, 4.69) is 24.0 Å². The van der Waals surface area contributed by atoms with Gasteiger partial charge in [0.2, 0.25) is 0 Å². The van der Waals surface area contributed by atoms with E-state index < -0.39 is 5.97 Å². The third-order valence-corrected chi connectivity index (χ3v) is 4.08. The SMILES string of the molecule is CCc1ccc(-c2nc(C(=O)O)c(CC)s2)cc1. The molecule has 0 bridgehead atoms. The van der Waals surface area contributed by atoms with Crippen LogP contribution in [0.3, 0.4) is 0 Å². The number of carboxylic acids is 1. The fourth-order valence-electron chi connectivity index (χ4n) is 1.76. The van der Waals surface area contributed by atoms with Crippen molar-refractivity contribution in [1.29, 1.82) is 0 Å². The van der Waals surface area contributed by atoms with Crippen LogP contribution in [0.25, 0.3) is 10.6 Å². The molecule has 0 atom stereocenters. The molecule has 0 fully saturated rings. The Bertz CT molecular complexity index is 558. The van der Waals surface area contributed by atoms with Gasteiger partial charge in [-0.05, 0) is 18.4 Å². The molecule has 0 saturated heterocycles. The van der Waals surface area contributed by atoms with Crippen molar-refractivity contribution in [1.82, 2.24) is 4.98 Å². The molecule has 2 aromatic rings. The Labute approximate surface area is 110 Å².